The molecule has 0 saturated heterocycles. The molecule has 10 nitrogen and oxygen atoms in total. The van der Waals surface area contributed by atoms with Gasteiger partial charge in [-0.05, 0) is 71.4 Å². The number of hydrogen-bond acceptors (Lipinski definition) is 4. The van der Waals surface area contributed by atoms with E-state index in [4.69, 9.17) is 0 Å². The number of aryl methyl sites for hydroxylation is 6. The lowest BCUT2D eigenvalue weighted by atomic mass is 10.2. The van der Waals surface area contributed by atoms with Gasteiger partial charge in [0.25, 0.3) is 0 Å². The van der Waals surface area contributed by atoms with Crippen LogP contribution in [0.15, 0.2) is 165 Å². The maximum atomic E-state index is 4.23. The van der Waals surface area contributed by atoms with Gasteiger partial charge in [-0.2, -0.15) is 0 Å². The molecule has 0 saturated carbocycles. The van der Waals surface area contributed by atoms with Crippen LogP contribution in [0.25, 0.3) is 22.8 Å². The normalized spacial score (nSPS) is 9.54. The van der Waals surface area contributed by atoms with Crippen LogP contribution in [-0.4, -0.2) is 49.4 Å². The predicted molar refractivity (Wildman–Crippen MR) is 231 cm³/mol. The molecule has 0 aliphatic rings. The first-order valence-electron chi connectivity index (χ1n) is 18.1. The zero-order valence-corrected chi connectivity index (χ0v) is 32.5. The van der Waals surface area contributed by atoms with Crippen molar-refractivity contribution in [2.45, 2.75) is 55.5 Å². The molecule has 0 amide bonds. The molecular formula is C46H56N10. The molecule has 6 aromatic heterocycles. The highest BCUT2D eigenvalue weighted by atomic mass is 15.0. The van der Waals surface area contributed by atoms with Gasteiger partial charge in [-0.3, -0.25) is 0 Å². The van der Waals surface area contributed by atoms with E-state index in [9.17, 15) is 0 Å². The first kappa shape index (κ1) is 43.5. The number of hydrogen-bond donors (Lipinski definition) is 5. The Kier molecular flexibility index (Phi) is 18.9. The second-order valence-electron chi connectivity index (χ2n) is 12.5. The summed E-state index contributed by atoms with van der Waals surface area (Å²) in [6, 6.07) is 38.9. The van der Waals surface area contributed by atoms with E-state index in [1.54, 1.807) is 18.6 Å². The van der Waals surface area contributed by atoms with Crippen molar-refractivity contribution < 1.29 is 0 Å². The largest absolute Gasteiger partial charge is 0.365 e. The number of H-pyrrole nitrogens is 5. The van der Waals surface area contributed by atoms with Crippen molar-refractivity contribution in [2.24, 2.45) is 0 Å². The number of nitrogens with zero attached hydrogens (tertiary/aromatic N) is 5. The number of imidazole rings is 4. The number of aromatic amines is 5. The smallest absolute Gasteiger partial charge is 0.137 e. The van der Waals surface area contributed by atoms with E-state index >= 15 is 0 Å². The highest BCUT2D eigenvalue weighted by molar-refractivity contribution is 5.55. The molecule has 3 aromatic carbocycles. The van der Waals surface area contributed by atoms with Crippen molar-refractivity contribution in [3.05, 3.63) is 205 Å². The van der Waals surface area contributed by atoms with Gasteiger partial charge in [0, 0.05) is 90.0 Å². The molecule has 0 bridgehead atoms. The standard InChI is InChI=1S/C12H13N.C10H10N2.C9H8N2.C5H8N2.C5H7N.C4H6N2.CH4/c1-11-6-5-9-13(11)10-12-7-3-2-4-8-12;1-8-7-11-10(12-8)9-5-3-2-4-6-9;1-2-4-8(5-3-1)9-10-6-7-11-9;1-4-3-6-5(2)7-4;1-5-3-2-4-6-5;1-4-5-2-3-6-4;/h2-9H,10H2,1H3;2-7H,1H3,(H,11,12);1-7H,(H,10,11);3H,1-2H3,(H,6,7);2-4,6H,1H3;2-3H,1H3,(H,5,6);1H4. The minimum Gasteiger partial charge on any atom is -0.365 e. The molecule has 0 spiro atoms. The Morgan fingerprint density at radius 2 is 1.05 bits per heavy atom. The van der Waals surface area contributed by atoms with E-state index in [0.717, 1.165) is 52.4 Å². The van der Waals surface area contributed by atoms with Crippen LogP contribution in [0.3, 0.4) is 0 Å². The highest BCUT2D eigenvalue weighted by Crippen LogP contribution is 2.14. The molecular weight excluding hydrogens is 693 g/mol. The quantitative estimate of drug-likeness (QED) is 0.122. The Morgan fingerprint density at radius 1 is 0.464 bits per heavy atom. The van der Waals surface area contributed by atoms with Gasteiger partial charge in [0.1, 0.15) is 23.3 Å². The van der Waals surface area contributed by atoms with Gasteiger partial charge in [-0.15, -0.1) is 0 Å². The summed E-state index contributed by atoms with van der Waals surface area (Å²) in [5, 5.41) is 0. The fraction of sp³-hybridized carbons (Fsp3) is 0.174. The van der Waals surface area contributed by atoms with E-state index in [-0.39, 0.29) is 7.43 Å². The van der Waals surface area contributed by atoms with Gasteiger partial charge >= 0.3 is 0 Å². The third kappa shape index (κ3) is 16.4. The van der Waals surface area contributed by atoms with Gasteiger partial charge in [0.2, 0.25) is 0 Å². The van der Waals surface area contributed by atoms with Gasteiger partial charge in [-0.1, -0.05) is 98.4 Å². The maximum Gasteiger partial charge on any atom is 0.137 e. The minimum absolute atomic E-state index is 0. The molecule has 9 aromatic rings. The predicted octanol–water partition coefficient (Wildman–Crippen LogP) is 11.0. The van der Waals surface area contributed by atoms with E-state index in [1.807, 2.05) is 138 Å². The van der Waals surface area contributed by atoms with Crippen LogP contribution in [0.1, 0.15) is 47.4 Å². The van der Waals surface area contributed by atoms with Gasteiger partial charge in [0.05, 0.1) is 0 Å². The summed E-state index contributed by atoms with van der Waals surface area (Å²) >= 11 is 0. The Labute approximate surface area is 331 Å². The SMILES string of the molecule is C.Cc1ccc[nH]1.Cc1cccn1Cc1ccccc1.Cc1cnc(-c2ccccc2)[nH]1.Cc1cnc(C)[nH]1.Cc1ncc[nH]1.c1ccc(-c2ncc[nH]2)cc1. The molecule has 0 unspecified atom stereocenters. The lowest BCUT2D eigenvalue weighted by Crippen LogP contribution is -1.99. The van der Waals surface area contributed by atoms with Crippen molar-refractivity contribution in [1.29, 1.82) is 0 Å². The topological polar surface area (TPSA) is 135 Å². The molecule has 9 rings (SSSR count). The fourth-order valence-electron chi connectivity index (χ4n) is 4.94. The molecule has 0 aliphatic heterocycles. The summed E-state index contributed by atoms with van der Waals surface area (Å²) < 4.78 is 2.25. The highest BCUT2D eigenvalue weighted by Gasteiger charge is 1.99. The second kappa shape index (κ2) is 24.4. The zero-order valence-electron chi connectivity index (χ0n) is 32.5. The van der Waals surface area contributed by atoms with Crippen LogP contribution in [0.5, 0.6) is 0 Å². The van der Waals surface area contributed by atoms with Crippen molar-refractivity contribution >= 4 is 0 Å². The number of benzene rings is 3. The Morgan fingerprint density at radius 3 is 1.43 bits per heavy atom. The summed E-state index contributed by atoms with van der Waals surface area (Å²) in [7, 11) is 0. The van der Waals surface area contributed by atoms with Crippen LogP contribution in [-0.2, 0) is 6.54 Å². The average molecular weight is 749 g/mol. The first-order chi connectivity index (χ1) is 26.8. The molecule has 0 fully saturated rings. The maximum absolute atomic E-state index is 4.23. The summed E-state index contributed by atoms with van der Waals surface area (Å²) in [6.07, 6.45) is 14.8. The van der Waals surface area contributed by atoms with Crippen molar-refractivity contribution in [3.8, 4) is 22.8 Å². The second-order valence-corrected chi connectivity index (χ2v) is 12.5. The lowest BCUT2D eigenvalue weighted by molar-refractivity contribution is 0.776. The van der Waals surface area contributed by atoms with Crippen LogP contribution < -0.4 is 0 Å². The lowest BCUT2D eigenvalue weighted by Gasteiger charge is -2.05. The number of nitrogens with one attached hydrogen (secondary N) is 5. The number of rotatable bonds is 4. The third-order valence-electron chi connectivity index (χ3n) is 7.77. The van der Waals surface area contributed by atoms with E-state index in [0.29, 0.717) is 0 Å². The van der Waals surface area contributed by atoms with Crippen molar-refractivity contribution in [3.63, 3.8) is 0 Å². The summed E-state index contributed by atoms with van der Waals surface area (Å²) in [5.41, 5.74) is 8.34. The van der Waals surface area contributed by atoms with Gasteiger partial charge < -0.3 is 29.5 Å². The average Bonchev–Trinajstić information content (AvgIpc) is 4.08. The zero-order chi connectivity index (χ0) is 39.1. The van der Waals surface area contributed by atoms with Crippen molar-refractivity contribution in [2.75, 3.05) is 0 Å². The van der Waals surface area contributed by atoms with Crippen LogP contribution in [0.4, 0.5) is 0 Å². The molecule has 10 heteroatoms. The van der Waals surface area contributed by atoms with E-state index in [2.05, 4.69) is 98.9 Å². The number of aromatic nitrogens is 10. The fourth-order valence-corrected chi connectivity index (χ4v) is 4.94. The molecule has 0 atom stereocenters. The van der Waals surface area contributed by atoms with Crippen LogP contribution in [0.2, 0.25) is 0 Å². The third-order valence-corrected chi connectivity index (χ3v) is 7.77. The van der Waals surface area contributed by atoms with Crippen LogP contribution in [0, 0.1) is 41.5 Å². The molecule has 0 radical (unpaired) electrons. The van der Waals surface area contributed by atoms with E-state index < -0.39 is 0 Å². The molecule has 290 valence electrons. The van der Waals surface area contributed by atoms with E-state index in [1.165, 1.54) is 17.0 Å². The van der Waals surface area contributed by atoms with Crippen LogP contribution >= 0.6 is 0 Å². The molecule has 5 N–H and O–H groups in total. The minimum atomic E-state index is 0. The van der Waals surface area contributed by atoms with Crippen molar-refractivity contribution in [1.82, 2.24) is 49.4 Å². The Hall–Kier alpha value is -6.94. The Bertz CT molecular complexity index is 2180. The Balaban J connectivity index is 0.000000184. The summed E-state index contributed by atoms with van der Waals surface area (Å²) in [4.78, 5) is 31.3. The monoisotopic (exact) mass is 748 g/mol. The molecule has 0 aliphatic carbocycles. The first-order valence-corrected chi connectivity index (χ1v) is 18.1. The summed E-state index contributed by atoms with van der Waals surface area (Å²) in [6.45, 7) is 13.0. The van der Waals surface area contributed by atoms with Gasteiger partial charge in [-0.25, -0.2) is 19.9 Å². The summed E-state index contributed by atoms with van der Waals surface area (Å²) in [5.74, 6) is 3.81. The molecule has 56 heavy (non-hydrogen) atoms. The van der Waals surface area contributed by atoms with Gasteiger partial charge in [0.15, 0.2) is 0 Å². The molecule has 6 heterocycles.